The number of nitrogens with one attached hydrogen (secondary N) is 4. The van der Waals surface area contributed by atoms with Gasteiger partial charge in [0.25, 0.3) is 0 Å². The van der Waals surface area contributed by atoms with Crippen molar-refractivity contribution in [3.05, 3.63) is 48.0 Å². The first-order valence-electron chi connectivity index (χ1n) is 13.1. The van der Waals surface area contributed by atoms with Gasteiger partial charge in [0.05, 0.1) is 12.4 Å². The van der Waals surface area contributed by atoms with Crippen LogP contribution in [0.3, 0.4) is 0 Å². The van der Waals surface area contributed by atoms with Crippen molar-refractivity contribution in [2.24, 2.45) is 28.1 Å². The Bertz CT molecular complexity index is 1180. The Balaban J connectivity index is 2.27. The predicted octanol–water partition coefficient (Wildman–Crippen LogP) is -1.52. The van der Waals surface area contributed by atoms with E-state index in [-0.39, 0.29) is 43.4 Å². The number of nitrogens with zero attached hydrogens (tertiary/aromatic N) is 2. The van der Waals surface area contributed by atoms with E-state index < -0.39 is 47.9 Å². The first-order valence-corrected chi connectivity index (χ1v) is 13.1. The Hall–Kier alpha value is -4.66. The molecule has 0 spiro atoms. The number of H-pyrrole nitrogens is 1. The zero-order valence-electron chi connectivity index (χ0n) is 23.0. The summed E-state index contributed by atoms with van der Waals surface area (Å²) in [6.45, 7) is 3.72. The van der Waals surface area contributed by atoms with Crippen molar-refractivity contribution in [2.45, 2.75) is 63.7 Å². The van der Waals surface area contributed by atoms with Crippen molar-refractivity contribution in [3.8, 4) is 5.75 Å². The summed E-state index contributed by atoms with van der Waals surface area (Å²) in [6.07, 6.45) is 3.18. The molecule has 1 heterocycles. The first kappa shape index (κ1) is 32.6. The third-order valence-corrected chi connectivity index (χ3v) is 6.20. The highest BCUT2D eigenvalue weighted by molar-refractivity contribution is 5.94. The number of aromatic nitrogens is 2. The number of nitrogens with two attached hydrogens (primary N) is 3. The fourth-order valence-electron chi connectivity index (χ4n) is 3.78. The van der Waals surface area contributed by atoms with E-state index in [1.807, 2.05) is 0 Å². The van der Waals surface area contributed by atoms with E-state index in [2.05, 4.69) is 30.9 Å². The molecule has 1 aromatic carbocycles. The lowest BCUT2D eigenvalue weighted by Crippen LogP contribution is -2.58. The summed E-state index contributed by atoms with van der Waals surface area (Å²) < 4.78 is 0. The highest BCUT2D eigenvalue weighted by Gasteiger charge is 2.31. The number of benzene rings is 1. The second-order valence-electron chi connectivity index (χ2n) is 9.89. The normalized spacial score (nSPS) is 13.9. The molecule has 224 valence electrons. The van der Waals surface area contributed by atoms with Gasteiger partial charge in [0.1, 0.15) is 23.9 Å². The maximum absolute atomic E-state index is 13.4. The minimum absolute atomic E-state index is 0.00864. The number of imidazole rings is 1. The Morgan fingerprint density at radius 1 is 0.951 bits per heavy atom. The zero-order valence-corrected chi connectivity index (χ0v) is 23.0. The quantitative estimate of drug-likeness (QED) is 0.0635. The topological polar surface area (TPSA) is 264 Å². The molecule has 4 unspecified atom stereocenters. The molecule has 2 aromatic rings. The van der Waals surface area contributed by atoms with E-state index >= 15 is 0 Å². The number of aliphatic carboxylic acids is 1. The molecule has 15 nitrogen and oxygen atoms in total. The number of hydrogen-bond acceptors (Lipinski definition) is 8. The smallest absolute Gasteiger partial charge is 0.326 e. The van der Waals surface area contributed by atoms with Crippen LogP contribution in [0.2, 0.25) is 0 Å². The van der Waals surface area contributed by atoms with E-state index in [9.17, 15) is 29.4 Å². The summed E-state index contributed by atoms with van der Waals surface area (Å²) in [6, 6.07) is 1.46. The molecule has 2 rings (SSSR count). The summed E-state index contributed by atoms with van der Waals surface area (Å²) in [7, 11) is 0. The van der Waals surface area contributed by atoms with Crippen molar-refractivity contribution in [2.75, 3.05) is 6.54 Å². The number of rotatable bonds is 16. The molecule has 0 radical (unpaired) electrons. The lowest BCUT2D eigenvalue weighted by atomic mass is 10.0. The number of aromatic amines is 1. The molecule has 0 saturated heterocycles. The molecular weight excluding hydrogens is 534 g/mol. The van der Waals surface area contributed by atoms with Gasteiger partial charge in [-0.15, -0.1) is 0 Å². The Labute approximate surface area is 237 Å². The number of carbonyl (C=O) groups excluding carboxylic acids is 3. The molecule has 3 amide bonds. The van der Waals surface area contributed by atoms with Crippen molar-refractivity contribution in [1.82, 2.24) is 25.9 Å². The summed E-state index contributed by atoms with van der Waals surface area (Å²) in [4.78, 5) is 61.9. The molecule has 0 fully saturated rings. The number of phenolic OH excluding ortho intramolecular Hbond substituents is 1. The Morgan fingerprint density at radius 3 is 2.12 bits per heavy atom. The lowest BCUT2D eigenvalue weighted by Gasteiger charge is -2.26. The average Bonchev–Trinajstić information content (AvgIpc) is 3.43. The second kappa shape index (κ2) is 15.8. The van der Waals surface area contributed by atoms with Crippen LogP contribution in [0.5, 0.6) is 5.75 Å². The van der Waals surface area contributed by atoms with Crippen LogP contribution in [-0.4, -0.2) is 80.5 Å². The zero-order chi connectivity index (χ0) is 30.5. The molecule has 0 aliphatic rings. The molecule has 0 bridgehead atoms. The van der Waals surface area contributed by atoms with Crippen LogP contribution >= 0.6 is 0 Å². The number of carboxylic acids is 1. The van der Waals surface area contributed by atoms with Gasteiger partial charge in [-0.3, -0.25) is 19.4 Å². The van der Waals surface area contributed by atoms with Gasteiger partial charge >= 0.3 is 5.97 Å². The van der Waals surface area contributed by atoms with E-state index in [0.29, 0.717) is 17.7 Å². The van der Waals surface area contributed by atoms with Gasteiger partial charge in [-0.25, -0.2) is 9.78 Å². The largest absolute Gasteiger partial charge is 0.508 e. The van der Waals surface area contributed by atoms with Crippen molar-refractivity contribution in [3.63, 3.8) is 0 Å². The number of guanidine groups is 1. The highest BCUT2D eigenvalue weighted by atomic mass is 16.4. The van der Waals surface area contributed by atoms with Gasteiger partial charge in [0.15, 0.2) is 5.96 Å². The summed E-state index contributed by atoms with van der Waals surface area (Å²) in [5.74, 6) is -3.58. The number of hydrogen-bond donors (Lipinski definition) is 9. The van der Waals surface area contributed by atoms with Gasteiger partial charge in [0.2, 0.25) is 17.7 Å². The monoisotopic (exact) mass is 573 g/mol. The molecule has 15 heteroatoms. The number of carboxylic acid groups (broad SMARTS) is 1. The standard InChI is InChI=1S/C26H39N9O6/c1-14(2)21(27)24(39)33-18(4-3-9-31-26(28)29)22(37)34-19(10-15-5-7-17(36)8-6-15)23(38)35-20(25(40)41)11-16-12-30-13-32-16/h5-8,12-14,18-21,36H,3-4,9-11,27H2,1-2H3,(H,30,32)(H,33,39)(H,34,37)(H,35,38)(H,40,41)(H4,28,29,31). The molecule has 1 aromatic heterocycles. The Morgan fingerprint density at radius 2 is 1.56 bits per heavy atom. The maximum atomic E-state index is 13.4. The summed E-state index contributed by atoms with van der Waals surface area (Å²) >= 11 is 0. The summed E-state index contributed by atoms with van der Waals surface area (Å²) in [5, 5.41) is 27.1. The number of carbonyl (C=O) groups is 4. The number of aliphatic imine (C=N–C) groups is 1. The van der Waals surface area contributed by atoms with Gasteiger partial charge < -0.3 is 48.3 Å². The first-order chi connectivity index (χ1) is 19.4. The third kappa shape index (κ3) is 11.2. The Kier molecular flexibility index (Phi) is 12.6. The van der Waals surface area contributed by atoms with Crippen molar-refractivity contribution >= 4 is 29.7 Å². The maximum Gasteiger partial charge on any atom is 0.326 e. The van der Waals surface area contributed by atoms with E-state index in [1.54, 1.807) is 26.0 Å². The molecule has 0 aliphatic heterocycles. The molecule has 41 heavy (non-hydrogen) atoms. The van der Waals surface area contributed by atoms with E-state index in [4.69, 9.17) is 17.2 Å². The third-order valence-electron chi connectivity index (χ3n) is 6.20. The fourth-order valence-corrected chi connectivity index (χ4v) is 3.78. The lowest BCUT2D eigenvalue weighted by molar-refractivity contribution is -0.142. The second-order valence-corrected chi connectivity index (χ2v) is 9.89. The molecular formula is C26H39N9O6. The number of aromatic hydroxyl groups is 1. The van der Waals surface area contributed by atoms with Gasteiger partial charge in [-0.1, -0.05) is 26.0 Å². The van der Waals surface area contributed by atoms with Crippen LogP contribution in [0.25, 0.3) is 0 Å². The van der Waals surface area contributed by atoms with Crippen molar-refractivity contribution < 1.29 is 29.4 Å². The molecule has 0 saturated carbocycles. The molecule has 12 N–H and O–H groups in total. The minimum atomic E-state index is -1.32. The van der Waals surface area contributed by atoms with Gasteiger partial charge in [-0.05, 0) is 36.5 Å². The van der Waals surface area contributed by atoms with Crippen LogP contribution in [-0.2, 0) is 32.0 Å². The van der Waals surface area contributed by atoms with E-state index in [0.717, 1.165) is 0 Å². The van der Waals surface area contributed by atoms with Crippen LogP contribution < -0.4 is 33.2 Å². The van der Waals surface area contributed by atoms with Crippen molar-refractivity contribution in [1.29, 1.82) is 0 Å². The number of amides is 3. The molecule has 4 atom stereocenters. The van der Waals surface area contributed by atoms with Crippen LogP contribution in [0.4, 0.5) is 0 Å². The van der Waals surface area contributed by atoms with Crippen LogP contribution in [0, 0.1) is 5.92 Å². The average molecular weight is 574 g/mol. The highest BCUT2D eigenvalue weighted by Crippen LogP contribution is 2.13. The summed E-state index contributed by atoms with van der Waals surface area (Å²) in [5.41, 5.74) is 17.8. The molecule has 0 aliphatic carbocycles. The minimum Gasteiger partial charge on any atom is -0.508 e. The fraction of sp³-hybridized carbons (Fsp3) is 0.462. The SMILES string of the molecule is CC(C)C(N)C(=O)NC(CCCN=C(N)N)C(=O)NC(Cc1ccc(O)cc1)C(=O)NC(Cc1cnc[nH]1)C(=O)O. The van der Waals surface area contributed by atoms with Crippen LogP contribution in [0.15, 0.2) is 41.8 Å². The van der Waals surface area contributed by atoms with Gasteiger partial charge in [-0.2, -0.15) is 0 Å². The predicted molar refractivity (Wildman–Crippen MR) is 150 cm³/mol. The number of phenols is 1. The van der Waals surface area contributed by atoms with E-state index in [1.165, 1.54) is 24.7 Å². The van der Waals surface area contributed by atoms with Crippen LogP contribution in [0.1, 0.15) is 37.9 Å². The van der Waals surface area contributed by atoms with Gasteiger partial charge in [0, 0.05) is 31.3 Å².